The number of aromatic carboxylic acids is 1. The number of H-pyrrole nitrogens is 1. The Bertz CT molecular complexity index is 1400. The molecule has 0 spiro atoms. The summed E-state index contributed by atoms with van der Waals surface area (Å²) < 4.78 is 16.3. The average Bonchev–Trinajstić information content (AvgIpc) is 3.42. The predicted molar refractivity (Wildman–Crippen MR) is 105 cm³/mol. The molecule has 2 N–H and O–H groups in total. The maximum atomic E-state index is 12.3. The van der Waals surface area contributed by atoms with Crippen LogP contribution in [0.5, 0.6) is 5.75 Å². The lowest BCUT2D eigenvalue weighted by atomic mass is 10.1. The third kappa shape index (κ3) is 3.50. The first-order chi connectivity index (χ1) is 14.0. The van der Waals surface area contributed by atoms with Crippen LogP contribution in [0.4, 0.5) is 0 Å². The highest BCUT2D eigenvalue weighted by molar-refractivity contribution is 7.07. The fourth-order valence-electron chi connectivity index (χ4n) is 2.79. The van der Waals surface area contributed by atoms with Crippen LogP contribution in [0.3, 0.4) is 0 Å². The number of Topliss-reactive ketones (excluding diaryl/α,β-unsaturated/α-hetero) is 1. The zero-order valence-electron chi connectivity index (χ0n) is 14.9. The first-order valence-corrected chi connectivity index (χ1v) is 9.12. The lowest BCUT2D eigenvalue weighted by Crippen LogP contribution is -2.20. The SMILES string of the molecule is COc1ccc(/C=c2\s/c(=C\C(=O)c3ccco3)[nH]c2=O)c2cc(C(=O)O)oc12. The zero-order valence-corrected chi connectivity index (χ0v) is 15.7. The molecule has 0 unspecified atom stereocenters. The van der Waals surface area contributed by atoms with Crippen molar-refractivity contribution in [1.82, 2.24) is 4.98 Å². The van der Waals surface area contributed by atoms with E-state index in [1.165, 1.54) is 31.6 Å². The van der Waals surface area contributed by atoms with Crippen LogP contribution >= 0.6 is 11.3 Å². The number of aromatic nitrogens is 1. The number of carboxylic acid groups (broad SMARTS) is 1. The van der Waals surface area contributed by atoms with Gasteiger partial charge in [-0.3, -0.25) is 9.59 Å². The molecule has 0 aliphatic heterocycles. The number of carbonyl (C=O) groups excluding carboxylic acids is 1. The monoisotopic (exact) mass is 411 g/mol. The maximum absolute atomic E-state index is 12.3. The van der Waals surface area contributed by atoms with E-state index in [-0.39, 0.29) is 28.4 Å². The molecule has 8 nitrogen and oxygen atoms in total. The van der Waals surface area contributed by atoms with Crippen molar-refractivity contribution in [2.24, 2.45) is 0 Å². The average molecular weight is 411 g/mol. The number of thiazole rings is 1. The molecule has 0 aliphatic rings. The van der Waals surface area contributed by atoms with E-state index in [1.807, 2.05) is 0 Å². The van der Waals surface area contributed by atoms with Gasteiger partial charge < -0.3 is 23.7 Å². The molecule has 29 heavy (non-hydrogen) atoms. The van der Waals surface area contributed by atoms with Crippen molar-refractivity contribution in [3.05, 3.63) is 73.2 Å². The standard InChI is InChI=1S/C20H13NO7S/c1-26-14-5-4-10(11-8-15(20(24)25)28-18(11)14)7-16-19(23)21-17(29-16)9-12(22)13-3-2-6-27-13/h2-9H,1H3,(H,21,23)(H,24,25)/b16-7-,17-9-. The topological polar surface area (TPSA) is 123 Å². The second kappa shape index (κ2) is 7.28. The lowest BCUT2D eigenvalue weighted by molar-refractivity contribution is 0.0664. The van der Waals surface area contributed by atoms with Gasteiger partial charge in [0.2, 0.25) is 11.5 Å². The van der Waals surface area contributed by atoms with Crippen molar-refractivity contribution in [3.8, 4) is 5.75 Å². The second-order valence-corrected chi connectivity index (χ2v) is 7.01. The molecule has 1 aromatic carbocycles. The van der Waals surface area contributed by atoms with Gasteiger partial charge in [0.1, 0.15) is 0 Å². The molecule has 0 bridgehead atoms. The first-order valence-electron chi connectivity index (χ1n) is 8.30. The minimum Gasteiger partial charge on any atom is -0.493 e. The van der Waals surface area contributed by atoms with Crippen LogP contribution in [0.1, 0.15) is 26.7 Å². The molecule has 0 fully saturated rings. The number of carbonyl (C=O) groups is 2. The Morgan fingerprint density at radius 1 is 1.24 bits per heavy atom. The Hall–Kier alpha value is -3.85. The Balaban J connectivity index is 1.84. The molecule has 4 rings (SSSR count). The molecule has 0 atom stereocenters. The highest BCUT2D eigenvalue weighted by atomic mass is 32.1. The number of methoxy groups -OCH3 is 1. The van der Waals surface area contributed by atoms with E-state index in [4.69, 9.17) is 13.6 Å². The summed E-state index contributed by atoms with van der Waals surface area (Å²) in [5.74, 6) is -1.27. The Kier molecular flexibility index (Phi) is 4.65. The smallest absolute Gasteiger partial charge is 0.371 e. The Labute approximate surface area is 166 Å². The molecule has 0 amide bonds. The van der Waals surface area contributed by atoms with Crippen LogP contribution in [-0.4, -0.2) is 29.0 Å². The molecule has 0 saturated heterocycles. The van der Waals surface area contributed by atoms with Crippen molar-refractivity contribution in [2.75, 3.05) is 7.11 Å². The lowest BCUT2D eigenvalue weighted by Gasteiger charge is -2.02. The maximum Gasteiger partial charge on any atom is 0.371 e. The van der Waals surface area contributed by atoms with E-state index in [1.54, 1.807) is 24.3 Å². The largest absolute Gasteiger partial charge is 0.493 e. The summed E-state index contributed by atoms with van der Waals surface area (Å²) in [7, 11) is 1.45. The Morgan fingerprint density at radius 2 is 2.07 bits per heavy atom. The summed E-state index contributed by atoms with van der Waals surface area (Å²) in [5.41, 5.74) is 0.471. The number of ketones is 1. The molecule has 146 valence electrons. The third-order valence-electron chi connectivity index (χ3n) is 4.11. The van der Waals surface area contributed by atoms with Gasteiger partial charge in [0.05, 0.1) is 22.6 Å². The quantitative estimate of drug-likeness (QED) is 0.481. The van der Waals surface area contributed by atoms with Gasteiger partial charge in [-0.15, -0.1) is 11.3 Å². The minimum absolute atomic E-state index is 0.168. The van der Waals surface area contributed by atoms with Crippen LogP contribution in [-0.2, 0) is 0 Å². The van der Waals surface area contributed by atoms with E-state index in [0.29, 0.717) is 25.9 Å². The molecular weight excluding hydrogens is 398 g/mol. The molecule has 9 heteroatoms. The number of ether oxygens (including phenoxy) is 1. The van der Waals surface area contributed by atoms with Crippen molar-refractivity contribution >= 4 is 46.2 Å². The van der Waals surface area contributed by atoms with Gasteiger partial charge in [0.15, 0.2) is 17.1 Å². The molecule has 0 aliphatic carbocycles. The Morgan fingerprint density at radius 3 is 2.76 bits per heavy atom. The van der Waals surface area contributed by atoms with Crippen LogP contribution in [0.15, 0.2) is 50.2 Å². The van der Waals surface area contributed by atoms with E-state index < -0.39 is 5.97 Å². The molecule has 4 aromatic rings. The van der Waals surface area contributed by atoms with Crippen LogP contribution in [0.25, 0.3) is 23.1 Å². The number of rotatable bonds is 5. The third-order valence-corrected chi connectivity index (χ3v) is 5.07. The second-order valence-electron chi connectivity index (χ2n) is 5.93. The van der Waals surface area contributed by atoms with Crippen LogP contribution in [0.2, 0.25) is 0 Å². The van der Waals surface area contributed by atoms with Crippen LogP contribution in [0, 0.1) is 0 Å². The molecule has 3 aromatic heterocycles. The fourth-order valence-corrected chi connectivity index (χ4v) is 3.66. The first kappa shape index (κ1) is 18.5. The van der Waals surface area contributed by atoms with Gasteiger partial charge >= 0.3 is 5.97 Å². The van der Waals surface area contributed by atoms with Gasteiger partial charge in [-0.05, 0) is 29.8 Å². The summed E-state index contributed by atoms with van der Waals surface area (Å²) >= 11 is 1.09. The van der Waals surface area contributed by atoms with Crippen molar-refractivity contribution in [1.29, 1.82) is 0 Å². The number of fused-ring (bicyclic) bond motifs is 1. The summed E-state index contributed by atoms with van der Waals surface area (Å²) in [4.78, 5) is 38.3. The molecular formula is C20H13NO7S. The fraction of sp³-hybridized carbons (Fsp3) is 0.0500. The molecule has 0 saturated carbocycles. The normalized spacial score (nSPS) is 12.6. The number of benzene rings is 1. The summed E-state index contributed by atoms with van der Waals surface area (Å²) in [6.07, 6.45) is 4.27. The summed E-state index contributed by atoms with van der Waals surface area (Å²) in [6.45, 7) is 0. The summed E-state index contributed by atoms with van der Waals surface area (Å²) in [6, 6.07) is 7.83. The minimum atomic E-state index is -1.21. The predicted octanol–water partition coefficient (Wildman–Crippen LogP) is 1.97. The van der Waals surface area contributed by atoms with Crippen molar-refractivity contribution in [3.63, 3.8) is 0 Å². The zero-order chi connectivity index (χ0) is 20.5. The van der Waals surface area contributed by atoms with Crippen molar-refractivity contribution < 1.29 is 28.3 Å². The van der Waals surface area contributed by atoms with Gasteiger partial charge in [-0.2, -0.15) is 0 Å². The number of nitrogens with one attached hydrogen (secondary N) is 1. The van der Waals surface area contributed by atoms with Crippen LogP contribution < -0.4 is 19.5 Å². The highest BCUT2D eigenvalue weighted by Gasteiger charge is 2.16. The highest BCUT2D eigenvalue weighted by Crippen LogP contribution is 2.31. The number of aromatic amines is 1. The van der Waals surface area contributed by atoms with Gasteiger partial charge in [-0.1, -0.05) is 6.07 Å². The van der Waals surface area contributed by atoms with Gasteiger partial charge in [-0.25, -0.2) is 4.79 Å². The molecule has 0 radical (unpaired) electrons. The van der Waals surface area contributed by atoms with E-state index in [9.17, 15) is 19.5 Å². The van der Waals surface area contributed by atoms with Gasteiger partial charge in [0.25, 0.3) is 5.56 Å². The number of hydrogen-bond donors (Lipinski definition) is 2. The summed E-state index contributed by atoms with van der Waals surface area (Å²) in [5, 5.41) is 9.69. The van der Waals surface area contributed by atoms with Crippen molar-refractivity contribution in [2.45, 2.75) is 0 Å². The van der Waals surface area contributed by atoms with E-state index in [2.05, 4.69) is 4.98 Å². The number of carboxylic acids is 1. The van der Waals surface area contributed by atoms with E-state index in [0.717, 1.165) is 11.3 Å². The number of hydrogen-bond acceptors (Lipinski definition) is 7. The molecule has 3 heterocycles. The van der Waals surface area contributed by atoms with E-state index >= 15 is 0 Å². The van der Waals surface area contributed by atoms with Gasteiger partial charge in [0, 0.05) is 17.5 Å². The number of furan rings is 2.